The normalized spacial score (nSPS) is 10.5. The fourth-order valence-corrected chi connectivity index (χ4v) is 2.51. The molecule has 19 heavy (non-hydrogen) atoms. The summed E-state index contributed by atoms with van der Waals surface area (Å²) in [7, 11) is 0. The molecule has 1 amide bonds. The highest BCUT2D eigenvalue weighted by atomic mass is 79.9. The maximum Gasteiger partial charge on any atom is 0.272 e. The van der Waals surface area contributed by atoms with E-state index >= 15 is 0 Å². The Morgan fingerprint density at radius 1 is 1.42 bits per heavy atom. The van der Waals surface area contributed by atoms with Crippen LogP contribution in [-0.2, 0) is 6.54 Å². The minimum Gasteiger partial charge on any atom is -0.342 e. The predicted molar refractivity (Wildman–Crippen MR) is 81.8 cm³/mol. The number of hydrogen-bond donors (Lipinski definition) is 1. The molecule has 2 aromatic rings. The lowest BCUT2D eigenvalue weighted by Gasteiger charge is -2.08. The Bertz CT molecular complexity index is 595. The molecule has 0 saturated heterocycles. The second-order valence-corrected chi connectivity index (χ2v) is 5.55. The van der Waals surface area contributed by atoms with Crippen LogP contribution in [0.2, 0.25) is 5.02 Å². The van der Waals surface area contributed by atoms with Crippen molar-refractivity contribution in [1.29, 1.82) is 0 Å². The lowest BCUT2D eigenvalue weighted by molar-refractivity contribution is 0.101. The van der Waals surface area contributed by atoms with Gasteiger partial charge in [0.2, 0.25) is 0 Å². The third-order valence-electron chi connectivity index (χ3n) is 2.64. The van der Waals surface area contributed by atoms with Crippen LogP contribution in [0.3, 0.4) is 0 Å². The van der Waals surface area contributed by atoms with Gasteiger partial charge >= 0.3 is 0 Å². The molecule has 0 aliphatic rings. The highest BCUT2D eigenvalue weighted by Gasteiger charge is 2.13. The summed E-state index contributed by atoms with van der Waals surface area (Å²) < 4.78 is 2.83. The molecule has 100 valence electrons. The van der Waals surface area contributed by atoms with Gasteiger partial charge in [0.1, 0.15) is 5.69 Å². The first-order valence-electron chi connectivity index (χ1n) is 6.02. The summed E-state index contributed by atoms with van der Waals surface area (Å²) in [4.78, 5) is 12.2. The predicted octanol–water partition coefficient (Wildman–Crippen LogP) is 4.57. The van der Waals surface area contributed by atoms with Crippen LogP contribution in [0.25, 0.3) is 0 Å². The summed E-state index contributed by atoms with van der Waals surface area (Å²) in [5.41, 5.74) is 1.33. The molecule has 0 fully saturated rings. The zero-order chi connectivity index (χ0) is 13.8. The van der Waals surface area contributed by atoms with Crippen LogP contribution in [0.5, 0.6) is 0 Å². The van der Waals surface area contributed by atoms with E-state index in [9.17, 15) is 4.79 Å². The second-order valence-electron chi connectivity index (χ2n) is 4.20. The van der Waals surface area contributed by atoms with Gasteiger partial charge in [-0.25, -0.2) is 0 Å². The summed E-state index contributed by atoms with van der Waals surface area (Å²) in [5, 5.41) is 3.45. The number of anilines is 1. The number of nitrogens with zero attached hydrogens (tertiary/aromatic N) is 1. The van der Waals surface area contributed by atoms with Crippen molar-refractivity contribution in [2.45, 2.75) is 19.9 Å². The largest absolute Gasteiger partial charge is 0.342 e. The maximum atomic E-state index is 12.2. The average Bonchev–Trinajstić information content (AvgIpc) is 2.71. The van der Waals surface area contributed by atoms with Crippen LogP contribution in [0.15, 0.2) is 41.0 Å². The molecule has 0 unspecified atom stereocenters. The highest BCUT2D eigenvalue weighted by Crippen LogP contribution is 2.19. The Labute approximate surface area is 125 Å². The summed E-state index contributed by atoms with van der Waals surface area (Å²) in [6.45, 7) is 2.89. The minimum absolute atomic E-state index is 0.138. The zero-order valence-corrected chi connectivity index (χ0v) is 12.8. The molecule has 5 heteroatoms. The number of halogens is 2. The molecule has 1 heterocycles. The van der Waals surface area contributed by atoms with Crippen LogP contribution >= 0.6 is 27.5 Å². The Kier molecular flexibility index (Phi) is 4.66. The van der Waals surface area contributed by atoms with E-state index in [0.717, 1.165) is 17.4 Å². The lowest BCUT2D eigenvalue weighted by Crippen LogP contribution is -2.16. The lowest BCUT2D eigenvalue weighted by atomic mass is 10.3. The molecule has 1 aromatic heterocycles. The van der Waals surface area contributed by atoms with Gasteiger partial charge in [-0.05, 0) is 46.6 Å². The van der Waals surface area contributed by atoms with Crippen LogP contribution in [0.4, 0.5) is 5.69 Å². The first-order valence-corrected chi connectivity index (χ1v) is 7.20. The van der Waals surface area contributed by atoms with Gasteiger partial charge in [0.25, 0.3) is 5.91 Å². The Hall–Kier alpha value is -1.26. The van der Waals surface area contributed by atoms with Gasteiger partial charge < -0.3 is 9.88 Å². The summed E-state index contributed by atoms with van der Waals surface area (Å²) in [6, 6.07) is 8.93. The first kappa shape index (κ1) is 14.2. The molecule has 0 bridgehead atoms. The van der Waals surface area contributed by atoms with Gasteiger partial charge in [-0.15, -0.1) is 0 Å². The number of benzene rings is 1. The van der Waals surface area contributed by atoms with Gasteiger partial charge in [-0.3, -0.25) is 4.79 Å². The number of nitrogens with one attached hydrogen (secondary N) is 1. The second kappa shape index (κ2) is 6.26. The fraction of sp³-hybridized carbons (Fsp3) is 0.214. The Balaban J connectivity index is 2.20. The number of aryl methyl sites for hydroxylation is 1. The molecule has 3 nitrogen and oxygen atoms in total. The van der Waals surface area contributed by atoms with Crippen molar-refractivity contribution in [3.8, 4) is 0 Å². The molecular formula is C14H14BrClN2O. The SMILES string of the molecule is CCCn1cc(Br)cc1C(=O)Nc1cccc(Cl)c1. The number of hydrogen-bond acceptors (Lipinski definition) is 1. The molecule has 1 N–H and O–H groups in total. The van der Waals surface area contributed by atoms with Crippen molar-refractivity contribution in [3.63, 3.8) is 0 Å². The highest BCUT2D eigenvalue weighted by molar-refractivity contribution is 9.10. The van der Waals surface area contributed by atoms with Gasteiger partial charge in [-0.2, -0.15) is 0 Å². The number of amides is 1. The van der Waals surface area contributed by atoms with E-state index < -0.39 is 0 Å². The zero-order valence-electron chi connectivity index (χ0n) is 10.5. The minimum atomic E-state index is -0.138. The van der Waals surface area contributed by atoms with Crippen molar-refractivity contribution in [3.05, 3.63) is 51.7 Å². The molecule has 0 aliphatic carbocycles. The van der Waals surface area contributed by atoms with Crippen molar-refractivity contribution < 1.29 is 4.79 Å². The van der Waals surface area contributed by atoms with Gasteiger partial charge in [0, 0.05) is 27.9 Å². The number of rotatable bonds is 4. The molecular weight excluding hydrogens is 328 g/mol. The molecule has 0 atom stereocenters. The van der Waals surface area contributed by atoms with Crippen molar-refractivity contribution in [1.82, 2.24) is 4.57 Å². The fourth-order valence-electron chi connectivity index (χ4n) is 1.85. The van der Waals surface area contributed by atoms with Gasteiger partial charge in [-0.1, -0.05) is 24.6 Å². The smallest absolute Gasteiger partial charge is 0.272 e. The van der Waals surface area contributed by atoms with Gasteiger partial charge in [0.05, 0.1) is 0 Å². The van der Waals surface area contributed by atoms with E-state index in [1.807, 2.05) is 22.9 Å². The molecule has 1 aromatic carbocycles. The maximum absolute atomic E-state index is 12.2. The first-order chi connectivity index (χ1) is 9.10. The number of carbonyl (C=O) groups excluding carboxylic acids is 1. The third kappa shape index (κ3) is 3.61. The molecule has 0 spiro atoms. The summed E-state index contributed by atoms with van der Waals surface area (Å²) in [5.74, 6) is -0.138. The standard InChI is InChI=1S/C14H14BrClN2O/c1-2-6-18-9-10(15)7-13(18)14(19)17-12-5-3-4-11(16)8-12/h3-5,7-9H,2,6H2,1H3,(H,17,19). The van der Waals surface area contributed by atoms with Crippen molar-refractivity contribution in [2.24, 2.45) is 0 Å². The summed E-state index contributed by atoms with van der Waals surface area (Å²) in [6.07, 6.45) is 2.88. The van der Waals surface area contributed by atoms with E-state index in [1.165, 1.54) is 0 Å². The molecule has 2 rings (SSSR count). The van der Waals surface area contributed by atoms with Crippen LogP contribution < -0.4 is 5.32 Å². The van der Waals surface area contributed by atoms with E-state index in [4.69, 9.17) is 11.6 Å². The number of aromatic nitrogens is 1. The van der Waals surface area contributed by atoms with Crippen molar-refractivity contribution in [2.75, 3.05) is 5.32 Å². The average molecular weight is 342 g/mol. The van der Waals surface area contributed by atoms with E-state index in [1.54, 1.807) is 18.2 Å². The van der Waals surface area contributed by atoms with E-state index in [2.05, 4.69) is 28.2 Å². The Morgan fingerprint density at radius 2 is 2.21 bits per heavy atom. The molecule has 0 saturated carbocycles. The quantitative estimate of drug-likeness (QED) is 0.868. The van der Waals surface area contributed by atoms with Crippen LogP contribution in [-0.4, -0.2) is 10.5 Å². The molecule has 0 radical (unpaired) electrons. The van der Waals surface area contributed by atoms with Crippen LogP contribution in [0, 0.1) is 0 Å². The third-order valence-corrected chi connectivity index (χ3v) is 3.31. The van der Waals surface area contributed by atoms with E-state index in [-0.39, 0.29) is 5.91 Å². The van der Waals surface area contributed by atoms with Gasteiger partial charge in [0.15, 0.2) is 0 Å². The monoisotopic (exact) mass is 340 g/mol. The van der Waals surface area contributed by atoms with Crippen molar-refractivity contribution >= 4 is 39.1 Å². The summed E-state index contributed by atoms with van der Waals surface area (Å²) >= 11 is 9.29. The number of carbonyl (C=O) groups is 1. The van der Waals surface area contributed by atoms with Crippen LogP contribution in [0.1, 0.15) is 23.8 Å². The van der Waals surface area contributed by atoms with E-state index in [0.29, 0.717) is 16.4 Å². The Morgan fingerprint density at radius 3 is 2.89 bits per heavy atom. The topological polar surface area (TPSA) is 34.0 Å². The molecule has 0 aliphatic heterocycles.